The van der Waals surface area contributed by atoms with Crippen LogP contribution >= 0.6 is 11.6 Å². The van der Waals surface area contributed by atoms with Crippen LogP contribution in [0, 0.1) is 0 Å². The Balaban J connectivity index is 2.49. The van der Waals surface area contributed by atoms with Gasteiger partial charge in [0.05, 0.1) is 0 Å². The Morgan fingerprint density at radius 3 is 2.84 bits per heavy atom. The smallest absolute Gasteiger partial charge is 0.120 e. The maximum atomic E-state index is 5.94. The fourth-order valence-corrected chi connectivity index (χ4v) is 1.97. The quantitative estimate of drug-likeness (QED) is 0.676. The first-order valence-electron chi connectivity index (χ1n) is 6.94. The Morgan fingerprint density at radius 2 is 2.21 bits per heavy atom. The van der Waals surface area contributed by atoms with E-state index in [1.165, 1.54) is 5.57 Å². The Hall–Kier alpha value is -0.990. The van der Waals surface area contributed by atoms with Crippen LogP contribution in [0.4, 0.5) is 0 Å². The van der Waals surface area contributed by atoms with Crippen molar-refractivity contribution in [1.29, 1.82) is 0 Å². The Labute approximate surface area is 121 Å². The van der Waals surface area contributed by atoms with Crippen LogP contribution in [0.15, 0.2) is 36.4 Å². The van der Waals surface area contributed by atoms with Gasteiger partial charge in [0.25, 0.3) is 0 Å². The molecule has 0 aliphatic rings. The lowest BCUT2D eigenvalue weighted by Crippen LogP contribution is -2.35. The number of benzene rings is 1. The van der Waals surface area contributed by atoms with Gasteiger partial charge >= 0.3 is 0 Å². The van der Waals surface area contributed by atoms with E-state index in [9.17, 15) is 0 Å². The van der Waals surface area contributed by atoms with Gasteiger partial charge in [-0.2, -0.15) is 0 Å². The summed E-state index contributed by atoms with van der Waals surface area (Å²) in [6, 6.07) is 7.83. The second-order valence-corrected chi connectivity index (χ2v) is 5.16. The van der Waals surface area contributed by atoms with Gasteiger partial charge < -0.3 is 10.1 Å². The highest BCUT2D eigenvalue weighted by Crippen LogP contribution is 2.18. The van der Waals surface area contributed by atoms with E-state index in [-0.39, 0.29) is 0 Å². The first-order valence-corrected chi connectivity index (χ1v) is 7.31. The lowest BCUT2D eigenvalue weighted by atomic mass is 10.1. The molecule has 1 rings (SSSR count). The molecule has 3 heteroatoms. The Bertz CT molecular complexity index is 392. The first kappa shape index (κ1) is 16.1. The van der Waals surface area contributed by atoms with Crippen molar-refractivity contribution < 1.29 is 4.74 Å². The average molecular weight is 282 g/mol. The second kappa shape index (κ2) is 9.00. The standard InChI is InChI=1S/C16H24ClNO/c1-4-9-18-15(10-13(3)5-2)12-19-16-8-6-7-14(17)11-16/h6-8,11,15,18H,3-5,9-10,12H2,1-2H3. The van der Waals surface area contributed by atoms with Crippen LogP contribution in [-0.4, -0.2) is 19.2 Å². The minimum atomic E-state index is 0.311. The summed E-state index contributed by atoms with van der Waals surface area (Å²) in [5.41, 5.74) is 1.25. The number of halogens is 1. The summed E-state index contributed by atoms with van der Waals surface area (Å²) in [7, 11) is 0. The number of nitrogens with one attached hydrogen (secondary N) is 1. The van der Waals surface area contributed by atoms with E-state index >= 15 is 0 Å². The van der Waals surface area contributed by atoms with Crippen molar-refractivity contribution in [2.24, 2.45) is 0 Å². The molecular formula is C16H24ClNO. The number of rotatable bonds is 9. The highest BCUT2D eigenvalue weighted by atomic mass is 35.5. The van der Waals surface area contributed by atoms with Gasteiger partial charge in [-0.15, -0.1) is 0 Å². The van der Waals surface area contributed by atoms with Crippen molar-refractivity contribution in [2.75, 3.05) is 13.2 Å². The molecule has 0 fully saturated rings. The SMILES string of the molecule is C=C(CC)CC(COc1cccc(Cl)c1)NCCC. The molecule has 19 heavy (non-hydrogen) atoms. The highest BCUT2D eigenvalue weighted by molar-refractivity contribution is 6.30. The lowest BCUT2D eigenvalue weighted by Gasteiger charge is -2.20. The molecule has 1 aromatic rings. The van der Waals surface area contributed by atoms with Gasteiger partial charge in [-0.3, -0.25) is 0 Å². The van der Waals surface area contributed by atoms with Crippen molar-refractivity contribution in [1.82, 2.24) is 5.32 Å². The van der Waals surface area contributed by atoms with Crippen LogP contribution in [0.1, 0.15) is 33.1 Å². The van der Waals surface area contributed by atoms with E-state index < -0.39 is 0 Å². The van der Waals surface area contributed by atoms with Gasteiger partial charge in [-0.25, -0.2) is 0 Å². The minimum Gasteiger partial charge on any atom is -0.492 e. The van der Waals surface area contributed by atoms with Gasteiger partial charge in [0.15, 0.2) is 0 Å². The monoisotopic (exact) mass is 281 g/mol. The molecule has 0 aliphatic carbocycles. The van der Waals surface area contributed by atoms with Gasteiger partial charge in [-0.1, -0.05) is 43.7 Å². The zero-order valence-corrected chi connectivity index (χ0v) is 12.7. The van der Waals surface area contributed by atoms with Gasteiger partial charge in [-0.05, 0) is 44.0 Å². The van der Waals surface area contributed by atoms with Crippen molar-refractivity contribution in [3.05, 3.63) is 41.4 Å². The molecule has 1 aromatic carbocycles. The Morgan fingerprint density at radius 1 is 1.42 bits per heavy atom. The molecule has 0 heterocycles. The number of hydrogen-bond acceptors (Lipinski definition) is 2. The fourth-order valence-electron chi connectivity index (χ4n) is 1.78. The van der Waals surface area contributed by atoms with E-state index in [1.54, 1.807) is 0 Å². The summed E-state index contributed by atoms with van der Waals surface area (Å²) in [4.78, 5) is 0. The van der Waals surface area contributed by atoms with Crippen LogP contribution in [0.3, 0.4) is 0 Å². The van der Waals surface area contributed by atoms with Crippen LogP contribution in [-0.2, 0) is 0 Å². The van der Waals surface area contributed by atoms with E-state index in [4.69, 9.17) is 16.3 Å². The molecule has 0 bridgehead atoms. The van der Waals surface area contributed by atoms with Crippen LogP contribution < -0.4 is 10.1 Å². The van der Waals surface area contributed by atoms with Gasteiger partial charge in [0.2, 0.25) is 0 Å². The summed E-state index contributed by atoms with van der Waals surface area (Å²) in [6.45, 7) is 10.0. The predicted octanol–water partition coefficient (Wildman–Crippen LogP) is 4.44. The second-order valence-electron chi connectivity index (χ2n) is 4.73. The molecule has 0 spiro atoms. The zero-order valence-electron chi connectivity index (χ0n) is 11.9. The topological polar surface area (TPSA) is 21.3 Å². The third-order valence-corrected chi connectivity index (χ3v) is 3.20. The molecule has 106 valence electrons. The average Bonchev–Trinajstić information content (AvgIpc) is 2.41. The number of ether oxygens (including phenoxy) is 1. The molecule has 1 atom stereocenters. The third kappa shape index (κ3) is 6.65. The summed E-state index contributed by atoms with van der Waals surface area (Å²) >= 11 is 5.94. The summed E-state index contributed by atoms with van der Waals surface area (Å²) in [5.74, 6) is 0.818. The first-order chi connectivity index (χ1) is 9.15. The maximum absolute atomic E-state index is 5.94. The number of hydrogen-bond donors (Lipinski definition) is 1. The van der Waals surface area contributed by atoms with Crippen molar-refractivity contribution in [3.8, 4) is 5.75 Å². The summed E-state index contributed by atoms with van der Waals surface area (Å²) in [6.07, 6.45) is 3.09. The maximum Gasteiger partial charge on any atom is 0.120 e. The van der Waals surface area contributed by atoms with Crippen molar-refractivity contribution >= 4 is 11.6 Å². The molecule has 0 aliphatic heterocycles. The van der Waals surface area contributed by atoms with Crippen molar-refractivity contribution in [3.63, 3.8) is 0 Å². The molecule has 0 saturated carbocycles. The molecule has 2 nitrogen and oxygen atoms in total. The van der Waals surface area contributed by atoms with E-state index in [2.05, 4.69) is 25.7 Å². The normalized spacial score (nSPS) is 12.2. The molecule has 1 N–H and O–H groups in total. The van der Waals surface area contributed by atoms with E-state index in [0.29, 0.717) is 17.7 Å². The molecule has 1 unspecified atom stereocenters. The summed E-state index contributed by atoms with van der Waals surface area (Å²) < 4.78 is 5.80. The van der Waals surface area contributed by atoms with Crippen LogP contribution in [0.25, 0.3) is 0 Å². The highest BCUT2D eigenvalue weighted by Gasteiger charge is 2.10. The van der Waals surface area contributed by atoms with Crippen LogP contribution in [0.5, 0.6) is 5.75 Å². The fraction of sp³-hybridized carbons (Fsp3) is 0.500. The summed E-state index contributed by atoms with van der Waals surface area (Å²) in [5, 5.41) is 4.20. The minimum absolute atomic E-state index is 0.311. The molecule has 0 aromatic heterocycles. The van der Waals surface area contributed by atoms with Crippen LogP contribution in [0.2, 0.25) is 5.02 Å². The Kier molecular flexibility index (Phi) is 7.61. The van der Waals surface area contributed by atoms with E-state index in [0.717, 1.165) is 31.6 Å². The largest absolute Gasteiger partial charge is 0.492 e. The zero-order chi connectivity index (χ0) is 14.1. The van der Waals surface area contributed by atoms with E-state index in [1.807, 2.05) is 24.3 Å². The molecule has 0 saturated heterocycles. The molecule has 0 radical (unpaired) electrons. The van der Waals surface area contributed by atoms with Crippen molar-refractivity contribution in [2.45, 2.75) is 39.2 Å². The molecular weight excluding hydrogens is 258 g/mol. The van der Waals surface area contributed by atoms with Gasteiger partial charge in [0, 0.05) is 11.1 Å². The third-order valence-electron chi connectivity index (χ3n) is 2.97. The van der Waals surface area contributed by atoms with Gasteiger partial charge in [0.1, 0.15) is 12.4 Å². The predicted molar refractivity (Wildman–Crippen MR) is 83.1 cm³/mol. The lowest BCUT2D eigenvalue weighted by molar-refractivity contribution is 0.262. The molecule has 0 amide bonds.